The van der Waals surface area contributed by atoms with Gasteiger partial charge in [-0.3, -0.25) is 4.90 Å². The average Bonchev–Trinajstić information content (AvgIpc) is 2.43. The van der Waals surface area contributed by atoms with Crippen molar-refractivity contribution in [2.24, 2.45) is 11.7 Å². The Labute approximate surface area is 125 Å². The molecule has 2 nitrogen and oxygen atoms in total. The molecule has 0 aromatic heterocycles. The van der Waals surface area contributed by atoms with Gasteiger partial charge >= 0.3 is 0 Å². The van der Waals surface area contributed by atoms with Crippen LogP contribution >= 0.6 is 15.9 Å². The number of benzene rings is 1. The van der Waals surface area contributed by atoms with Gasteiger partial charge in [0.2, 0.25) is 0 Å². The van der Waals surface area contributed by atoms with E-state index in [1.54, 1.807) is 0 Å². The van der Waals surface area contributed by atoms with Gasteiger partial charge < -0.3 is 5.73 Å². The van der Waals surface area contributed by atoms with E-state index in [4.69, 9.17) is 5.73 Å². The molecule has 106 valence electrons. The minimum absolute atomic E-state index is 0.217. The van der Waals surface area contributed by atoms with Gasteiger partial charge in [0.25, 0.3) is 0 Å². The molecule has 0 radical (unpaired) electrons. The van der Waals surface area contributed by atoms with Crippen molar-refractivity contribution in [2.75, 3.05) is 13.1 Å². The molecule has 1 aliphatic rings. The van der Waals surface area contributed by atoms with Crippen molar-refractivity contribution in [1.82, 2.24) is 4.90 Å². The zero-order chi connectivity index (χ0) is 13.8. The van der Waals surface area contributed by atoms with Crippen molar-refractivity contribution >= 4 is 15.9 Å². The predicted octanol–water partition coefficient (Wildman–Crippen LogP) is 3.96. The Morgan fingerprint density at radius 2 is 1.84 bits per heavy atom. The molecule has 0 bridgehead atoms. The second kappa shape index (κ2) is 6.87. The van der Waals surface area contributed by atoms with Gasteiger partial charge in [-0.2, -0.15) is 0 Å². The number of hydrogen-bond acceptors (Lipinski definition) is 2. The second-order valence-corrected chi connectivity index (χ2v) is 6.70. The molecule has 0 aliphatic carbocycles. The van der Waals surface area contributed by atoms with E-state index < -0.39 is 0 Å². The SMILES string of the molecule is CCC(N)C(c1ccc(Br)cc1)N1CCC(C)CC1. The van der Waals surface area contributed by atoms with E-state index in [1.165, 1.54) is 31.5 Å². The lowest BCUT2D eigenvalue weighted by Crippen LogP contribution is -2.44. The van der Waals surface area contributed by atoms with Crippen molar-refractivity contribution in [1.29, 1.82) is 0 Å². The van der Waals surface area contributed by atoms with Crippen LogP contribution < -0.4 is 5.73 Å². The van der Waals surface area contributed by atoms with Crippen LogP contribution in [0.2, 0.25) is 0 Å². The van der Waals surface area contributed by atoms with Gasteiger partial charge in [0.1, 0.15) is 0 Å². The quantitative estimate of drug-likeness (QED) is 0.908. The first-order valence-electron chi connectivity index (χ1n) is 7.37. The maximum Gasteiger partial charge on any atom is 0.0499 e. The molecular weight excluding hydrogens is 300 g/mol. The summed E-state index contributed by atoms with van der Waals surface area (Å²) in [6.45, 7) is 6.89. The van der Waals surface area contributed by atoms with E-state index >= 15 is 0 Å². The maximum absolute atomic E-state index is 6.40. The van der Waals surface area contributed by atoms with Gasteiger partial charge in [0, 0.05) is 16.6 Å². The fourth-order valence-electron chi connectivity index (χ4n) is 2.92. The number of rotatable bonds is 4. The molecule has 1 fully saturated rings. The molecule has 1 heterocycles. The van der Waals surface area contributed by atoms with Crippen molar-refractivity contribution in [2.45, 2.75) is 45.2 Å². The van der Waals surface area contributed by atoms with E-state index in [2.05, 4.69) is 58.9 Å². The van der Waals surface area contributed by atoms with E-state index in [1.807, 2.05) is 0 Å². The van der Waals surface area contributed by atoms with Gasteiger partial charge in [0.15, 0.2) is 0 Å². The van der Waals surface area contributed by atoms with E-state index in [0.717, 1.165) is 16.8 Å². The van der Waals surface area contributed by atoms with Crippen LogP contribution in [0.5, 0.6) is 0 Å². The summed E-state index contributed by atoms with van der Waals surface area (Å²) in [4.78, 5) is 2.58. The fourth-order valence-corrected chi connectivity index (χ4v) is 3.18. The van der Waals surface area contributed by atoms with Crippen LogP contribution in [-0.4, -0.2) is 24.0 Å². The molecule has 0 spiro atoms. The Balaban J connectivity index is 2.18. The lowest BCUT2D eigenvalue weighted by Gasteiger charge is -2.39. The fraction of sp³-hybridized carbons (Fsp3) is 0.625. The zero-order valence-electron chi connectivity index (χ0n) is 12.0. The monoisotopic (exact) mass is 324 g/mol. The number of nitrogens with zero attached hydrogens (tertiary/aromatic N) is 1. The van der Waals surface area contributed by atoms with Gasteiger partial charge in [-0.1, -0.05) is 41.9 Å². The molecule has 0 amide bonds. The van der Waals surface area contributed by atoms with Gasteiger partial charge in [-0.25, -0.2) is 0 Å². The summed E-state index contributed by atoms with van der Waals surface area (Å²) < 4.78 is 1.13. The predicted molar refractivity (Wildman–Crippen MR) is 85.1 cm³/mol. The summed E-state index contributed by atoms with van der Waals surface area (Å²) in [6.07, 6.45) is 3.61. The van der Waals surface area contributed by atoms with Crippen LogP contribution in [0.25, 0.3) is 0 Å². The molecular formula is C16H25BrN2. The van der Waals surface area contributed by atoms with Gasteiger partial charge in [0.05, 0.1) is 0 Å². The third-order valence-corrected chi connectivity index (χ3v) is 4.83. The minimum Gasteiger partial charge on any atom is -0.326 e. The Kier molecular flexibility index (Phi) is 5.43. The smallest absolute Gasteiger partial charge is 0.0499 e. The van der Waals surface area contributed by atoms with Crippen molar-refractivity contribution in [3.8, 4) is 0 Å². The Morgan fingerprint density at radius 3 is 2.37 bits per heavy atom. The van der Waals surface area contributed by atoms with Crippen LogP contribution in [0, 0.1) is 5.92 Å². The molecule has 2 unspecified atom stereocenters. The topological polar surface area (TPSA) is 29.3 Å². The third kappa shape index (κ3) is 3.80. The van der Waals surface area contributed by atoms with Crippen molar-refractivity contribution < 1.29 is 0 Å². The first-order valence-corrected chi connectivity index (χ1v) is 8.16. The van der Waals surface area contributed by atoms with E-state index in [-0.39, 0.29) is 6.04 Å². The summed E-state index contributed by atoms with van der Waals surface area (Å²) in [5.41, 5.74) is 7.75. The third-order valence-electron chi connectivity index (χ3n) is 4.30. The van der Waals surface area contributed by atoms with Gasteiger partial charge in [-0.15, -0.1) is 0 Å². The maximum atomic E-state index is 6.40. The minimum atomic E-state index is 0.217. The van der Waals surface area contributed by atoms with E-state index in [0.29, 0.717) is 6.04 Å². The summed E-state index contributed by atoms with van der Waals surface area (Å²) in [7, 11) is 0. The lowest BCUT2D eigenvalue weighted by molar-refractivity contribution is 0.119. The number of piperidine rings is 1. The molecule has 1 aromatic rings. The summed E-state index contributed by atoms with van der Waals surface area (Å²) in [5, 5.41) is 0. The Hall–Kier alpha value is -0.380. The highest BCUT2D eigenvalue weighted by molar-refractivity contribution is 9.10. The summed E-state index contributed by atoms with van der Waals surface area (Å²) in [6, 6.07) is 9.25. The molecule has 0 saturated carbocycles. The highest BCUT2D eigenvalue weighted by Crippen LogP contribution is 2.30. The first kappa shape index (κ1) is 15.0. The molecule has 1 aliphatic heterocycles. The van der Waals surface area contributed by atoms with Gasteiger partial charge in [-0.05, 0) is 56.0 Å². The summed E-state index contributed by atoms with van der Waals surface area (Å²) >= 11 is 3.51. The average molecular weight is 325 g/mol. The molecule has 2 atom stereocenters. The molecule has 1 saturated heterocycles. The van der Waals surface area contributed by atoms with Crippen LogP contribution in [-0.2, 0) is 0 Å². The molecule has 1 aromatic carbocycles. The van der Waals surface area contributed by atoms with Crippen LogP contribution in [0.15, 0.2) is 28.7 Å². The molecule has 2 N–H and O–H groups in total. The Bertz CT molecular complexity index is 382. The number of nitrogens with two attached hydrogens (primary N) is 1. The Morgan fingerprint density at radius 1 is 1.26 bits per heavy atom. The normalized spacial score (nSPS) is 21.3. The van der Waals surface area contributed by atoms with Crippen molar-refractivity contribution in [3.63, 3.8) is 0 Å². The highest BCUT2D eigenvalue weighted by atomic mass is 79.9. The van der Waals surface area contributed by atoms with Crippen LogP contribution in [0.4, 0.5) is 0 Å². The van der Waals surface area contributed by atoms with E-state index in [9.17, 15) is 0 Å². The largest absolute Gasteiger partial charge is 0.326 e. The number of hydrogen-bond donors (Lipinski definition) is 1. The highest BCUT2D eigenvalue weighted by Gasteiger charge is 2.28. The lowest BCUT2D eigenvalue weighted by atomic mass is 9.91. The van der Waals surface area contributed by atoms with Crippen molar-refractivity contribution in [3.05, 3.63) is 34.3 Å². The first-order chi connectivity index (χ1) is 9.11. The zero-order valence-corrected chi connectivity index (χ0v) is 13.6. The second-order valence-electron chi connectivity index (χ2n) is 5.79. The molecule has 3 heteroatoms. The molecule has 19 heavy (non-hydrogen) atoms. The molecule has 2 rings (SSSR count). The van der Waals surface area contributed by atoms with Crippen LogP contribution in [0.1, 0.15) is 44.7 Å². The number of halogens is 1. The summed E-state index contributed by atoms with van der Waals surface area (Å²) in [5.74, 6) is 0.861. The standard InChI is InChI=1S/C16H25BrN2/c1-3-15(18)16(13-4-6-14(17)7-5-13)19-10-8-12(2)9-11-19/h4-7,12,15-16H,3,8-11,18H2,1-2H3. The number of likely N-dealkylation sites (tertiary alicyclic amines) is 1. The van der Waals surface area contributed by atoms with Crippen LogP contribution in [0.3, 0.4) is 0 Å².